The van der Waals surface area contributed by atoms with Gasteiger partial charge in [-0.3, -0.25) is 9.59 Å². The molecule has 29 heavy (non-hydrogen) atoms. The average molecular weight is 407 g/mol. The first-order valence-electron chi connectivity index (χ1n) is 9.34. The van der Waals surface area contributed by atoms with Gasteiger partial charge in [0.2, 0.25) is 5.91 Å². The lowest BCUT2D eigenvalue weighted by molar-refractivity contribution is -0.127. The van der Waals surface area contributed by atoms with Gasteiger partial charge in [-0.05, 0) is 19.1 Å². The smallest absolute Gasteiger partial charge is 0.262 e. The van der Waals surface area contributed by atoms with Crippen LogP contribution in [-0.4, -0.2) is 36.5 Å². The zero-order chi connectivity index (χ0) is 20.4. The minimum absolute atomic E-state index is 0.115. The van der Waals surface area contributed by atoms with Gasteiger partial charge in [0.25, 0.3) is 5.91 Å². The molecule has 0 fully saturated rings. The van der Waals surface area contributed by atoms with Crippen molar-refractivity contribution < 1.29 is 14.3 Å². The molecule has 1 aliphatic heterocycles. The highest BCUT2D eigenvalue weighted by molar-refractivity contribution is 7.13. The summed E-state index contributed by atoms with van der Waals surface area (Å²) in [5.41, 5.74) is 3.62. The van der Waals surface area contributed by atoms with Crippen LogP contribution in [0.5, 0.6) is 5.75 Å². The van der Waals surface area contributed by atoms with Gasteiger partial charge >= 0.3 is 0 Å². The number of carbonyl (C=O) groups excluding carboxylic acids is 2. The van der Waals surface area contributed by atoms with E-state index >= 15 is 0 Å². The Kier molecular flexibility index (Phi) is 5.31. The predicted molar refractivity (Wildman–Crippen MR) is 113 cm³/mol. The van der Waals surface area contributed by atoms with Crippen LogP contribution in [0.4, 0.5) is 5.69 Å². The van der Waals surface area contributed by atoms with Gasteiger partial charge in [-0.25, -0.2) is 4.98 Å². The molecule has 0 saturated heterocycles. The molecule has 1 unspecified atom stereocenters. The Hall–Kier alpha value is -3.19. The highest BCUT2D eigenvalue weighted by Crippen LogP contribution is 2.34. The summed E-state index contributed by atoms with van der Waals surface area (Å²) in [5.74, 6) is 0.155. The standard InChI is InChI=1S/C22H21N3O3S/c1-14-7-9-15(10-8-14)22-24-16(13-29-22)11-20(26)25-12-19(21(27)23-2)28-18-6-4-3-5-17(18)25/h3-10,13,19H,11-12H2,1-2H3,(H,23,27). The molecule has 2 amide bonds. The van der Waals surface area contributed by atoms with Crippen molar-refractivity contribution in [2.45, 2.75) is 19.4 Å². The number of thiazole rings is 1. The molecule has 1 aromatic heterocycles. The van der Waals surface area contributed by atoms with E-state index in [1.165, 1.54) is 16.9 Å². The molecule has 2 aromatic carbocycles. The minimum atomic E-state index is -0.739. The molecule has 7 heteroatoms. The van der Waals surface area contributed by atoms with Crippen molar-refractivity contribution in [1.29, 1.82) is 0 Å². The molecular formula is C22H21N3O3S. The Balaban J connectivity index is 1.55. The van der Waals surface area contributed by atoms with Crippen molar-refractivity contribution in [1.82, 2.24) is 10.3 Å². The number of benzene rings is 2. The second kappa shape index (κ2) is 8.05. The number of fused-ring (bicyclic) bond motifs is 1. The molecule has 0 radical (unpaired) electrons. The molecule has 0 spiro atoms. The first-order chi connectivity index (χ1) is 14.0. The molecule has 1 aliphatic rings. The zero-order valence-electron chi connectivity index (χ0n) is 16.2. The number of amides is 2. The van der Waals surface area contributed by atoms with Crippen LogP contribution in [0.1, 0.15) is 11.3 Å². The highest BCUT2D eigenvalue weighted by atomic mass is 32.1. The van der Waals surface area contributed by atoms with Gasteiger partial charge in [-0.15, -0.1) is 11.3 Å². The van der Waals surface area contributed by atoms with Gasteiger partial charge in [0.1, 0.15) is 10.8 Å². The van der Waals surface area contributed by atoms with E-state index in [4.69, 9.17) is 4.74 Å². The third-order valence-corrected chi connectivity index (χ3v) is 5.74. The summed E-state index contributed by atoms with van der Waals surface area (Å²) in [6.07, 6.45) is -0.575. The molecule has 0 aliphatic carbocycles. The molecule has 2 heterocycles. The molecule has 1 N–H and O–H groups in total. The summed E-state index contributed by atoms with van der Waals surface area (Å²) in [6.45, 7) is 2.21. The topological polar surface area (TPSA) is 71.5 Å². The number of para-hydroxylation sites is 2. The number of likely N-dealkylation sites (N-methyl/N-ethyl adjacent to an activating group) is 1. The van der Waals surface area contributed by atoms with Crippen LogP contribution in [0.2, 0.25) is 0 Å². The Morgan fingerprint density at radius 1 is 1.21 bits per heavy atom. The molecule has 4 rings (SSSR count). The highest BCUT2D eigenvalue weighted by Gasteiger charge is 2.33. The average Bonchev–Trinajstić information content (AvgIpc) is 3.21. The second-order valence-corrected chi connectivity index (χ2v) is 7.74. The van der Waals surface area contributed by atoms with Crippen LogP contribution in [0, 0.1) is 6.92 Å². The van der Waals surface area contributed by atoms with E-state index in [1.807, 2.05) is 54.8 Å². The van der Waals surface area contributed by atoms with E-state index in [9.17, 15) is 9.59 Å². The summed E-state index contributed by atoms with van der Waals surface area (Å²) in [7, 11) is 1.56. The van der Waals surface area contributed by atoms with E-state index in [0.29, 0.717) is 11.4 Å². The van der Waals surface area contributed by atoms with Gasteiger partial charge in [-0.1, -0.05) is 42.0 Å². The quantitative estimate of drug-likeness (QED) is 0.721. The van der Waals surface area contributed by atoms with Crippen LogP contribution in [0.25, 0.3) is 10.6 Å². The maximum atomic E-state index is 13.1. The van der Waals surface area contributed by atoms with Crippen molar-refractivity contribution in [3.8, 4) is 16.3 Å². The number of nitrogens with one attached hydrogen (secondary N) is 1. The molecule has 3 aromatic rings. The van der Waals surface area contributed by atoms with Gasteiger partial charge in [-0.2, -0.15) is 0 Å². The second-order valence-electron chi connectivity index (χ2n) is 6.88. The Labute approximate surface area is 173 Å². The fourth-order valence-electron chi connectivity index (χ4n) is 3.24. The molecule has 1 atom stereocenters. The van der Waals surface area contributed by atoms with Crippen LogP contribution in [0.15, 0.2) is 53.9 Å². The van der Waals surface area contributed by atoms with Gasteiger partial charge in [0, 0.05) is 18.0 Å². The predicted octanol–water partition coefficient (Wildman–Crippen LogP) is 3.20. The number of rotatable bonds is 4. The van der Waals surface area contributed by atoms with Crippen LogP contribution in [0.3, 0.4) is 0 Å². The molecule has 6 nitrogen and oxygen atoms in total. The summed E-state index contributed by atoms with van der Waals surface area (Å²) in [4.78, 5) is 31.4. The van der Waals surface area contributed by atoms with Crippen molar-refractivity contribution in [3.05, 3.63) is 65.2 Å². The molecule has 148 valence electrons. The lowest BCUT2D eigenvalue weighted by Gasteiger charge is -2.34. The maximum Gasteiger partial charge on any atom is 0.262 e. The lowest BCUT2D eigenvalue weighted by atomic mass is 10.1. The number of ether oxygens (including phenoxy) is 1. The fourth-order valence-corrected chi connectivity index (χ4v) is 4.06. The van der Waals surface area contributed by atoms with Crippen molar-refractivity contribution in [2.24, 2.45) is 0 Å². The van der Waals surface area contributed by atoms with Crippen molar-refractivity contribution in [3.63, 3.8) is 0 Å². The van der Waals surface area contributed by atoms with Crippen LogP contribution < -0.4 is 15.0 Å². The number of carbonyl (C=O) groups is 2. The van der Waals surface area contributed by atoms with E-state index in [-0.39, 0.29) is 24.8 Å². The van der Waals surface area contributed by atoms with Gasteiger partial charge in [0.05, 0.1) is 24.3 Å². The molecule has 0 saturated carbocycles. The van der Waals surface area contributed by atoms with Crippen LogP contribution in [-0.2, 0) is 16.0 Å². The fraction of sp³-hybridized carbons (Fsp3) is 0.227. The van der Waals surface area contributed by atoms with Gasteiger partial charge < -0.3 is 15.0 Å². The van der Waals surface area contributed by atoms with Crippen molar-refractivity contribution in [2.75, 3.05) is 18.5 Å². The number of hydrogen-bond acceptors (Lipinski definition) is 5. The summed E-state index contributed by atoms with van der Waals surface area (Å²) in [5, 5.41) is 5.39. The van der Waals surface area contributed by atoms with Gasteiger partial charge in [0.15, 0.2) is 6.10 Å². The Bertz CT molecular complexity index is 1050. The number of nitrogens with zero attached hydrogens (tertiary/aromatic N) is 2. The van der Waals surface area contributed by atoms with E-state index in [2.05, 4.69) is 10.3 Å². The first kappa shape index (κ1) is 19.1. The normalized spacial score (nSPS) is 15.4. The molecule has 0 bridgehead atoms. The van der Waals surface area contributed by atoms with E-state index in [0.717, 1.165) is 16.3 Å². The summed E-state index contributed by atoms with van der Waals surface area (Å²) < 4.78 is 5.77. The third-order valence-electron chi connectivity index (χ3n) is 4.80. The lowest BCUT2D eigenvalue weighted by Crippen LogP contribution is -2.50. The largest absolute Gasteiger partial charge is 0.477 e. The van der Waals surface area contributed by atoms with Crippen LogP contribution >= 0.6 is 11.3 Å². The van der Waals surface area contributed by atoms with Crippen molar-refractivity contribution >= 4 is 28.8 Å². The molecular weight excluding hydrogens is 386 g/mol. The first-order valence-corrected chi connectivity index (χ1v) is 10.2. The summed E-state index contributed by atoms with van der Waals surface area (Å²) >= 11 is 1.52. The van der Waals surface area contributed by atoms with E-state index < -0.39 is 6.10 Å². The number of aromatic nitrogens is 1. The Morgan fingerprint density at radius 3 is 2.72 bits per heavy atom. The zero-order valence-corrected chi connectivity index (χ0v) is 17.0. The Morgan fingerprint density at radius 2 is 1.97 bits per heavy atom. The maximum absolute atomic E-state index is 13.1. The number of aryl methyl sites for hydroxylation is 1. The van der Waals surface area contributed by atoms with E-state index in [1.54, 1.807) is 18.0 Å². The summed E-state index contributed by atoms with van der Waals surface area (Å²) in [6, 6.07) is 15.4. The third kappa shape index (κ3) is 4.00. The minimum Gasteiger partial charge on any atom is -0.477 e. The number of hydrogen-bond donors (Lipinski definition) is 1. The number of anilines is 1. The monoisotopic (exact) mass is 407 g/mol. The SMILES string of the molecule is CNC(=O)C1CN(C(=O)Cc2csc(-c3ccc(C)cc3)n2)c2ccccc2O1.